The molecule has 20 heavy (non-hydrogen) atoms. The molecule has 1 atom stereocenters. The summed E-state index contributed by atoms with van der Waals surface area (Å²) in [6.45, 7) is 9.91. The Labute approximate surface area is 121 Å². The van der Waals surface area contributed by atoms with Gasteiger partial charge < -0.3 is 5.11 Å². The van der Waals surface area contributed by atoms with Crippen molar-refractivity contribution in [2.24, 2.45) is 10.8 Å². The molecule has 1 fully saturated rings. The normalized spacial score (nSPS) is 22.5. The largest absolute Gasteiger partial charge is 0.389 e. The molecule has 2 rings (SSSR count). The molecule has 1 saturated carbocycles. The third-order valence-corrected chi connectivity index (χ3v) is 6.41. The molecule has 4 nitrogen and oxygen atoms in total. The van der Waals surface area contributed by atoms with E-state index in [0.717, 1.165) is 0 Å². The van der Waals surface area contributed by atoms with Gasteiger partial charge in [-0.1, -0.05) is 39.8 Å². The van der Waals surface area contributed by atoms with Gasteiger partial charge in [-0.05, 0) is 35.4 Å². The second-order valence-electron chi connectivity index (χ2n) is 6.74. The van der Waals surface area contributed by atoms with Gasteiger partial charge in [-0.25, -0.2) is 13.1 Å². The number of hydrogen-bond donors (Lipinski definition) is 2. The van der Waals surface area contributed by atoms with Gasteiger partial charge in [-0.2, -0.15) is 0 Å². The summed E-state index contributed by atoms with van der Waals surface area (Å²) < 4.78 is 27.5. The second kappa shape index (κ2) is 4.55. The van der Waals surface area contributed by atoms with E-state index >= 15 is 0 Å². The van der Waals surface area contributed by atoms with Crippen LogP contribution in [0, 0.1) is 10.8 Å². The number of nitrogens with one attached hydrogen (secondary N) is 1. The molecule has 0 heterocycles. The first-order valence-electron chi connectivity index (χ1n) is 6.80. The van der Waals surface area contributed by atoms with Gasteiger partial charge in [0.25, 0.3) is 0 Å². The van der Waals surface area contributed by atoms with Gasteiger partial charge in [0, 0.05) is 6.04 Å². The molecule has 1 unspecified atom stereocenters. The quantitative estimate of drug-likeness (QED) is 0.897. The summed E-state index contributed by atoms with van der Waals surface area (Å²) in [5.74, 6) is 0. The monoisotopic (exact) mass is 297 g/mol. The van der Waals surface area contributed by atoms with Crippen LogP contribution in [-0.2, 0) is 10.0 Å². The Bertz CT molecular complexity index is 587. The number of aliphatic hydroxyl groups excluding tert-OH is 1. The molecule has 112 valence electrons. The molecule has 0 radical (unpaired) electrons. The number of sulfonamides is 1. The maximum absolute atomic E-state index is 12.4. The van der Waals surface area contributed by atoms with Crippen LogP contribution in [0.3, 0.4) is 0 Å². The Hall–Kier alpha value is -0.910. The summed E-state index contributed by atoms with van der Waals surface area (Å²) in [5, 5.41) is 9.44. The smallest absolute Gasteiger partial charge is 0.240 e. The zero-order valence-corrected chi connectivity index (χ0v) is 13.5. The first-order chi connectivity index (χ1) is 9.00. The first-order valence-corrected chi connectivity index (χ1v) is 8.29. The molecule has 0 aliphatic heterocycles. The van der Waals surface area contributed by atoms with Crippen molar-refractivity contribution >= 4 is 10.0 Å². The molecule has 1 aromatic carbocycles. The van der Waals surface area contributed by atoms with E-state index in [9.17, 15) is 13.5 Å². The van der Waals surface area contributed by atoms with Gasteiger partial charge in [-0.3, -0.25) is 0 Å². The fourth-order valence-electron chi connectivity index (χ4n) is 2.64. The van der Waals surface area contributed by atoms with Crippen molar-refractivity contribution in [1.82, 2.24) is 4.72 Å². The minimum Gasteiger partial charge on any atom is -0.389 e. The summed E-state index contributed by atoms with van der Waals surface area (Å²) in [6, 6.07) is 6.29. The van der Waals surface area contributed by atoms with Crippen molar-refractivity contribution in [2.45, 2.75) is 51.7 Å². The highest BCUT2D eigenvalue weighted by molar-refractivity contribution is 7.89. The molecule has 1 aromatic rings. The van der Waals surface area contributed by atoms with Crippen LogP contribution in [0.5, 0.6) is 0 Å². The summed E-state index contributed by atoms with van der Waals surface area (Å²) in [6.07, 6.45) is -0.596. The van der Waals surface area contributed by atoms with E-state index in [4.69, 9.17) is 0 Å². The average molecular weight is 297 g/mol. The van der Waals surface area contributed by atoms with E-state index in [0.29, 0.717) is 5.56 Å². The van der Waals surface area contributed by atoms with Crippen molar-refractivity contribution in [3.8, 4) is 0 Å². The van der Waals surface area contributed by atoms with Crippen LogP contribution in [-0.4, -0.2) is 19.6 Å². The SMILES string of the molecule is CC(O)c1ccc(S(=O)(=O)NC2C(C)(C)C2(C)C)cc1. The van der Waals surface area contributed by atoms with Crippen LogP contribution in [0.2, 0.25) is 0 Å². The number of aliphatic hydroxyl groups is 1. The van der Waals surface area contributed by atoms with Crippen LogP contribution in [0.4, 0.5) is 0 Å². The molecule has 1 aliphatic carbocycles. The van der Waals surface area contributed by atoms with Gasteiger partial charge >= 0.3 is 0 Å². The summed E-state index contributed by atoms with van der Waals surface area (Å²) in [5.41, 5.74) is 0.621. The Morgan fingerprint density at radius 2 is 1.55 bits per heavy atom. The second-order valence-corrected chi connectivity index (χ2v) is 8.46. The van der Waals surface area contributed by atoms with Crippen LogP contribution in [0.25, 0.3) is 0 Å². The van der Waals surface area contributed by atoms with Gasteiger partial charge in [0.15, 0.2) is 0 Å². The molecule has 0 spiro atoms. The molecule has 0 aromatic heterocycles. The van der Waals surface area contributed by atoms with Crippen molar-refractivity contribution in [1.29, 1.82) is 0 Å². The summed E-state index contributed by atoms with van der Waals surface area (Å²) >= 11 is 0. The van der Waals surface area contributed by atoms with Crippen LogP contribution >= 0.6 is 0 Å². The lowest BCUT2D eigenvalue weighted by Crippen LogP contribution is -2.29. The van der Waals surface area contributed by atoms with E-state index in [2.05, 4.69) is 32.4 Å². The molecule has 1 aliphatic rings. The Morgan fingerprint density at radius 3 is 1.90 bits per heavy atom. The predicted molar refractivity (Wildman–Crippen MR) is 78.7 cm³/mol. The van der Waals surface area contributed by atoms with Gasteiger partial charge in [0.2, 0.25) is 10.0 Å². The maximum atomic E-state index is 12.4. The highest BCUT2D eigenvalue weighted by Crippen LogP contribution is 2.62. The number of rotatable bonds is 4. The Kier molecular flexibility index (Phi) is 3.52. The zero-order valence-electron chi connectivity index (χ0n) is 12.6. The molecule has 5 heteroatoms. The number of hydrogen-bond acceptors (Lipinski definition) is 3. The van der Waals surface area contributed by atoms with E-state index < -0.39 is 16.1 Å². The van der Waals surface area contributed by atoms with Crippen LogP contribution in [0.1, 0.15) is 46.3 Å². The highest BCUT2D eigenvalue weighted by atomic mass is 32.2. The standard InChI is InChI=1S/C15H23NO3S/c1-10(17)11-6-8-12(9-7-11)20(18,19)16-13-14(2,3)15(13,4)5/h6-10,13,16-17H,1-5H3. The van der Waals surface area contributed by atoms with Gasteiger partial charge in [-0.15, -0.1) is 0 Å². The lowest BCUT2D eigenvalue weighted by molar-refractivity contribution is 0.199. The van der Waals surface area contributed by atoms with Gasteiger partial charge in [0.05, 0.1) is 11.0 Å². The van der Waals surface area contributed by atoms with Crippen molar-refractivity contribution in [3.05, 3.63) is 29.8 Å². The van der Waals surface area contributed by atoms with E-state index in [1.54, 1.807) is 19.1 Å². The molecule has 2 N–H and O–H groups in total. The third kappa shape index (κ3) is 2.38. The van der Waals surface area contributed by atoms with Crippen molar-refractivity contribution < 1.29 is 13.5 Å². The summed E-state index contributed by atoms with van der Waals surface area (Å²) in [4.78, 5) is 0.236. The van der Waals surface area contributed by atoms with Gasteiger partial charge in [0.1, 0.15) is 0 Å². The van der Waals surface area contributed by atoms with Crippen molar-refractivity contribution in [2.75, 3.05) is 0 Å². The fourth-order valence-corrected chi connectivity index (χ4v) is 4.17. The van der Waals surface area contributed by atoms with E-state index in [1.165, 1.54) is 12.1 Å². The minimum atomic E-state index is -3.51. The van der Waals surface area contributed by atoms with Crippen molar-refractivity contribution in [3.63, 3.8) is 0 Å². The van der Waals surface area contributed by atoms with Crippen LogP contribution in [0.15, 0.2) is 29.2 Å². The lowest BCUT2D eigenvalue weighted by atomic mass is 10.0. The summed E-state index contributed by atoms with van der Waals surface area (Å²) in [7, 11) is -3.51. The molecule has 0 saturated heterocycles. The molecular weight excluding hydrogens is 274 g/mol. The Morgan fingerprint density at radius 1 is 1.10 bits per heavy atom. The molecule has 0 amide bonds. The molecular formula is C15H23NO3S. The maximum Gasteiger partial charge on any atom is 0.240 e. The third-order valence-electron chi connectivity index (χ3n) is 4.97. The predicted octanol–water partition coefficient (Wildman–Crippen LogP) is 2.45. The average Bonchev–Trinajstić information content (AvgIpc) is 2.71. The topological polar surface area (TPSA) is 66.4 Å². The minimum absolute atomic E-state index is 0.0420. The van der Waals surface area contributed by atoms with E-state index in [1.807, 2.05) is 0 Å². The zero-order chi connectivity index (χ0) is 15.3. The highest BCUT2D eigenvalue weighted by Gasteiger charge is 2.65. The lowest BCUT2D eigenvalue weighted by Gasteiger charge is -2.10. The fraction of sp³-hybridized carbons (Fsp3) is 0.600. The number of benzene rings is 1. The van der Waals surface area contributed by atoms with Crippen LogP contribution < -0.4 is 4.72 Å². The first kappa shape index (κ1) is 15.5. The Balaban J connectivity index is 2.20. The molecule has 0 bridgehead atoms. The van der Waals surface area contributed by atoms with E-state index in [-0.39, 0.29) is 21.8 Å².